The van der Waals surface area contributed by atoms with Crippen LogP contribution in [0.2, 0.25) is 0 Å². The Hall–Kier alpha value is -2.50. The molecule has 1 aromatic heterocycles. The first-order chi connectivity index (χ1) is 11.0. The highest BCUT2D eigenvalue weighted by molar-refractivity contribution is 5.89. The van der Waals surface area contributed by atoms with Crippen molar-refractivity contribution in [3.8, 4) is 0 Å². The number of allylic oxidation sites excluding steroid dienone is 1. The Bertz CT molecular complexity index is 675. The Morgan fingerprint density at radius 3 is 2.75 bits per heavy atom. The molecule has 0 atom stereocenters. The van der Waals surface area contributed by atoms with Crippen LogP contribution in [0.25, 0.3) is 5.70 Å². The zero-order chi connectivity index (χ0) is 18.1. The zero-order valence-corrected chi connectivity index (χ0v) is 12.5. The number of ether oxygens (including phenoxy) is 1. The molecule has 2 heterocycles. The van der Waals surface area contributed by atoms with E-state index in [1.807, 2.05) is 0 Å². The van der Waals surface area contributed by atoms with E-state index in [0.29, 0.717) is 4.90 Å². The van der Waals surface area contributed by atoms with E-state index >= 15 is 0 Å². The van der Waals surface area contributed by atoms with E-state index in [2.05, 4.69) is 10.3 Å². The van der Waals surface area contributed by atoms with Crippen LogP contribution in [0.3, 0.4) is 0 Å². The molecule has 0 spiro atoms. The Morgan fingerprint density at radius 2 is 2.17 bits per heavy atom. The first-order valence-corrected chi connectivity index (χ1v) is 6.66. The molecule has 6 N–H and O–H groups in total. The molecule has 0 radical (unpaired) electrons. The molecule has 0 aliphatic carbocycles. The topological polar surface area (TPSA) is 141 Å². The van der Waals surface area contributed by atoms with Crippen LogP contribution in [-0.4, -0.2) is 58.8 Å². The van der Waals surface area contributed by atoms with Gasteiger partial charge in [0.1, 0.15) is 5.82 Å². The summed E-state index contributed by atoms with van der Waals surface area (Å²) in [6.45, 7) is -1.84. The van der Waals surface area contributed by atoms with Crippen LogP contribution in [0.15, 0.2) is 18.0 Å². The van der Waals surface area contributed by atoms with Gasteiger partial charge in [-0.3, -0.25) is 9.69 Å². The highest BCUT2D eigenvalue weighted by Crippen LogP contribution is 2.31. The number of carbonyl (C=O) groups excluding carboxylic acids is 1. The smallest absolute Gasteiger partial charge is 0.370 e. The molecule has 11 heteroatoms. The minimum Gasteiger partial charge on any atom is -0.482 e. The molecule has 24 heavy (non-hydrogen) atoms. The monoisotopic (exact) mass is 346 g/mol. The maximum atomic E-state index is 13.5. The van der Waals surface area contributed by atoms with Crippen LogP contribution in [0, 0.1) is 0 Å². The number of hydrogen-bond acceptors (Lipinski definition) is 9. The van der Waals surface area contributed by atoms with Gasteiger partial charge in [-0.2, -0.15) is 0 Å². The molecule has 0 saturated heterocycles. The number of anilines is 2. The van der Waals surface area contributed by atoms with Crippen molar-refractivity contribution in [2.45, 2.75) is 12.0 Å². The number of aromatic nitrogens is 1. The Labute approximate surface area is 135 Å². The Balaban J connectivity index is 2.59. The molecule has 1 aliphatic heterocycles. The standard InChI is InChI=1S/C13H16F2N4O5/c1-19(13(21,22)23)11-8(2-7(16)3-17-11)10-9(4-20)24-6-12(14,15)5-18-10/h2-4,18,21-23H,5-6,16H2,1H3. The van der Waals surface area contributed by atoms with Crippen LogP contribution in [0.1, 0.15) is 5.56 Å². The largest absolute Gasteiger partial charge is 0.482 e. The van der Waals surface area contributed by atoms with E-state index in [-0.39, 0.29) is 29.1 Å². The van der Waals surface area contributed by atoms with Gasteiger partial charge in [-0.05, 0) is 6.07 Å². The fourth-order valence-electron chi connectivity index (χ4n) is 2.00. The normalized spacial score (nSPS) is 17.6. The first kappa shape index (κ1) is 17.8. The molecule has 0 aromatic carbocycles. The van der Waals surface area contributed by atoms with Crippen LogP contribution in [0.4, 0.5) is 20.3 Å². The lowest BCUT2D eigenvalue weighted by atomic mass is 10.1. The minimum absolute atomic E-state index is 0.0428. The van der Waals surface area contributed by atoms with Gasteiger partial charge >= 0.3 is 6.10 Å². The number of nitrogens with two attached hydrogens (primary N) is 1. The number of aliphatic hydroxyl groups is 3. The predicted octanol–water partition coefficient (Wildman–Crippen LogP) is -1.19. The molecule has 0 amide bonds. The van der Waals surface area contributed by atoms with Gasteiger partial charge in [0.05, 0.1) is 24.1 Å². The second-order valence-electron chi connectivity index (χ2n) is 5.15. The summed E-state index contributed by atoms with van der Waals surface area (Å²) in [7, 11) is 1.08. The average Bonchev–Trinajstić information content (AvgIpc) is 2.63. The quantitative estimate of drug-likeness (QED) is 0.336. The molecule has 0 saturated carbocycles. The number of nitrogens with one attached hydrogen (secondary N) is 1. The van der Waals surface area contributed by atoms with Gasteiger partial charge < -0.3 is 31.1 Å². The van der Waals surface area contributed by atoms with E-state index in [4.69, 9.17) is 10.5 Å². The SMILES string of the molecule is CN(c1ncc(N)cc1C1=C(C=O)OCC(F)(F)CN1)C(O)(O)O. The lowest BCUT2D eigenvalue weighted by Crippen LogP contribution is -2.47. The number of pyridine rings is 1. The van der Waals surface area contributed by atoms with Crippen LogP contribution < -0.4 is 16.0 Å². The van der Waals surface area contributed by atoms with Gasteiger partial charge in [0.25, 0.3) is 5.92 Å². The third-order valence-electron chi connectivity index (χ3n) is 3.24. The number of aldehydes is 1. The molecule has 1 aliphatic rings. The van der Waals surface area contributed by atoms with Crippen molar-refractivity contribution in [2.24, 2.45) is 0 Å². The number of nitrogen functional groups attached to an aromatic ring is 1. The van der Waals surface area contributed by atoms with Crippen LogP contribution in [-0.2, 0) is 9.53 Å². The summed E-state index contributed by atoms with van der Waals surface area (Å²) in [5.74, 6) is -3.91. The molecule has 0 bridgehead atoms. The van der Waals surface area contributed by atoms with Gasteiger partial charge in [-0.15, -0.1) is 0 Å². The van der Waals surface area contributed by atoms with Crippen molar-refractivity contribution in [1.82, 2.24) is 10.3 Å². The van der Waals surface area contributed by atoms with Gasteiger partial charge in [-0.25, -0.2) is 13.8 Å². The molecule has 1 aromatic rings. The second kappa shape index (κ2) is 6.19. The van der Waals surface area contributed by atoms with E-state index in [1.54, 1.807) is 0 Å². The van der Waals surface area contributed by atoms with E-state index in [0.717, 1.165) is 13.2 Å². The predicted molar refractivity (Wildman–Crippen MR) is 78.3 cm³/mol. The third kappa shape index (κ3) is 3.69. The summed E-state index contributed by atoms with van der Waals surface area (Å²) in [5, 5.41) is 30.3. The maximum Gasteiger partial charge on any atom is 0.370 e. The highest BCUT2D eigenvalue weighted by Gasteiger charge is 2.36. The lowest BCUT2D eigenvalue weighted by molar-refractivity contribution is -0.308. The first-order valence-electron chi connectivity index (χ1n) is 6.66. The molecule has 0 unspecified atom stereocenters. The zero-order valence-electron chi connectivity index (χ0n) is 12.5. The van der Waals surface area contributed by atoms with Crippen LogP contribution in [0.5, 0.6) is 0 Å². The Kier molecular flexibility index (Phi) is 4.60. The number of alkyl halides is 2. The molecular weight excluding hydrogens is 330 g/mol. The highest BCUT2D eigenvalue weighted by atomic mass is 19.3. The number of carbonyl (C=O) groups is 1. The molecule has 9 nitrogen and oxygen atoms in total. The average molecular weight is 346 g/mol. The van der Waals surface area contributed by atoms with E-state index in [1.165, 1.54) is 6.07 Å². The molecule has 132 valence electrons. The van der Waals surface area contributed by atoms with Crippen molar-refractivity contribution in [2.75, 3.05) is 30.8 Å². The number of halogens is 2. The lowest BCUT2D eigenvalue weighted by Gasteiger charge is -2.29. The summed E-state index contributed by atoms with van der Waals surface area (Å²) >= 11 is 0. The van der Waals surface area contributed by atoms with E-state index < -0.39 is 30.9 Å². The van der Waals surface area contributed by atoms with E-state index in [9.17, 15) is 28.9 Å². The van der Waals surface area contributed by atoms with Gasteiger partial charge in [0.2, 0.25) is 0 Å². The van der Waals surface area contributed by atoms with Crippen molar-refractivity contribution < 1.29 is 33.6 Å². The number of hydrogen-bond donors (Lipinski definition) is 5. The summed E-state index contributed by atoms with van der Waals surface area (Å²) in [5.41, 5.74) is 5.52. The minimum atomic E-state index is -3.28. The van der Waals surface area contributed by atoms with Gasteiger partial charge in [-0.1, -0.05) is 0 Å². The fourth-order valence-corrected chi connectivity index (χ4v) is 2.00. The maximum absolute atomic E-state index is 13.5. The fraction of sp³-hybridized carbons (Fsp3) is 0.385. The second-order valence-corrected chi connectivity index (χ2v) is 5.15. The summed E-state index contributed by atoms with van der Waals surface area (Å²) < 4.78 is 31.8. The summed E-state index contributed by atoms with van der Waals surface area (Å²) in [6.07, 6.45) is -1.91. The number of rotatable bonds is 4. The van der Waals surface area contributed by atoms with Crippen LogP contribution >= 0.6 is 0 Å². The Morgan fingerprint density at radius 1 is 1.50 bits per heavy atom. The summed E-state index contributed by atoms with van der Waals surface area (Å²) in [6, 6.07) is 1.25. The van der Waals surface area contributed by atoms with Crippen molar-refractivity contribution >= 4 is 23.5 Å². The van der Waals surface area contributed by atoms with Gasteiger partial charge in [0.15, 0.2) is 18.7 Å². The molecule has 0 fully saturated rings. The van der Waals surface area contributed by atoms with Crippen molar-refractivity contribution in [1.29, 1.82) is 0 Å². The third-order valence-corrected chi connectivity index (χ3v) is 3.24. The number of nitrogens with zero attached hydrogens (tertiary/aromatic N) is 2. The molecule has 2 rings (SSSR count). The van der Waals surface area contributed by atoms with Crippen molar-refractivity contribution in [3.05, 3.63) is 23.6 Å². The van der Waals surface area contributed by atoms with Crippen molar-refractivity contribution in [3.63, 3.8) is 0 Å². The van der Waals surface area contributed by atoms with Gasteiger partial charge in [0, 0.05) is 12.6 Å². The summed E-state index contributed by atoms with van der Waals surface area (Å²) in [4.78, 5) is 15.6. The molecular formula is C13H16F2N4O5.